The van der Waals surface area contributed by atoms with Crippen molar-refractivity contribution in [2.24, 2.45) is 0 Å². The van der Waals surface area contributed by atoms with E-state index in [4.69, 9.17) is 6.42 Å². The minimum absolute atomic E-state index is 0.0704. The minimum Gasteiger partial charge on any atom is -0.303 e. The Morgan fingerprint density at radius 1 is 1.64 bits per heavy atom. The molecule has 11 heavy (non-hydrogen) atoms. The summed E-state index contributed by atoms with van der Waals surface area (Å²) in [6, 6.07) is 0.0704. The standard InChI is InChI=1S/C8H15NOS/c1-5-7(2)9-6-8(3)11(4)10/h1,7-9H,6H2,2-4H3. The van der Waals surface area contributed by atoms with Crippen LogP contribution in [0.1, 0.15) is 13.8 Å². The monoisotopic (exact) mass is 173 g/mol. The van der Waals surface area contributed by atoms with E-state index in [-0.39, 0.29) is 11.3 Å². The summed E-state index contributed by atoms with van der Waals surface area (Å²) in [4.78, 5) is 0. The summed E-state index contributed by atoms with van der Waals surface area (Å²) in [5, 5.41) is 3.26. The fourth-order valence-corrected chi connectivity index (χ4v) is 0.850. The highest BCUT2D eigenvalue weighted by Gasteiger charge is 2.05. The van der Waals surface area contributed by atoms with Gasteiger partial charge in [-0.05, 0) is 13.8 Å². The largest absolute Gasteiger partial charge is 0.303 e. The van der Waals surface area contributed by atoms with E-state index in [1.807, 2.05) is 13.8 Å². The Labute approximate surface area is 71.2 Å². The van der Waals surface area contributed by atoms with Crippen molar-refractivity contribution in [3.63, 3.8) is 0 Å². The van der Waals surface area contributed by atoms with Crippen LogP contribution < -0.4 is 5.32 Å². The molecule has 0 bridgehead atoms. The average Bonchev–Trinajstić information content (AvgIpc) is 1.99. The van der Waals surface area contributed by atoms with Gasteiger partial charge >= 0.3 is 0 Å². The molecule has 3 heteroatoms. The van der Waals surface area contributed by atoms with Gasteiger partial charge in [0.1, 0.15) is 0 Å². The first-order chi connectivity index (χ1) is 5.07. The lowest BCUT2D eigenvalue weighted by Crippen LogP contribution is -2.33. The molecule has 0 amide bonds. The van der Waals surface area contributed by atoms with Gasteiger partial charge in [0.25, 0.3) is 0 Å². The molecule has 1 N–H and O–H groups in total. The second kappa shape index (κ2) is 5.34. The van der Waals surface area contributed by atoms with Gasteiger partial charge in [-0.15, -0.1) is 6.42 Å². The molecule has 0 saturated heterocycles. The van der Waals surface area contributed by atoms with Gasteiger partial charge in [-0.25, -0.2) is 0 Å². The second-order valence-electron chi connectivity index (χ2n) is 2.61. The number of terminal acetylenes is 1. The Morgan fingerprint density at radius 3 is 2.55 bits per heavy atom. The lowest BCUT2D eigenvalue weighted by molar-refractivity contribution is 0.625. The van der Waals surface area contributed by atoms with Gasteiger partial charge in [0.05, 0.1) is 6.04 Å². The van der Waals surface area contributed by atoms with Crippen molar-refractivity contribution in [2.45, 2.75) is 25.1 Å². The number of nitrogens with one attached hydrogen (secondary N) is 1. The van der Waals surface area contributed by atoms with Crippen LogP contribution in [0.4, 0.5) is 0 Å². The highest BCUT2D eigenvalue weighted by molar-refractivity contribution is 7.84. The first-order valence-electron chi connectivity index (χ1n) is 3.59. The molecule has 2 nitrogen and oxygen atoms in total. The summed E-state index contributed by atoms with van der Waals surface area (Å²) in [6.45, 7) is 4.56. The lowest BCUT2D eigenvalue weighted by Gasteiger charge is -2.11. The normalized spacial score (nSPS) is 18.4. The molecule has 0 rings (SSSR count). The van der Waals surface area contributed by atoms with Crippen LogP contribution in [0.2, 0.25) is 0 Å². The van der Waals surface area contributed by atoms with E-state index >= 15 is 0 Å². The summed E-state index contributed by atoms with van der Waals surface area (Å²) in [7, 11) is -0.760. The predicted octanol–water partition coefficient (Wildman–Crippen LogP) is 0.365. The highest BCUT2D eigenvalue weighted by Crippen LogP contribution is 1.90. The van der Waals surface area contributed by atoms with Crippen molar-refractivity contribution in [3.05, 3.63) is 0 Å². The molecule has 0 aromatic heterocycles. The van der Waals surface area contributed by atoms with Crippen LogP contribution in [0, 0.1) is 12.3 Å². The molecule has 0 aliphatic rings. The Balaban J connectivity index is 3.55. The molecule has 0 aromatic rings. The van der Waals surface area contributed by atoms with E-state index in [0.717, 1.165) is 0 Å². The third-order valence-corrected chi connectivity index (χ3v) is 2.83. The van der Waals surface area contributed by atoms with Crippen molar-refractivity contribution < 1.29 is 4.21 Å². The molecule has 0 aliphatic heterocycles. The zero-order chi connectivity index (χ0) is 8.85. The Bertz CT molecular complexity index is 173. The molecular weight excluding hydrogens is 158 g/mol. The van der Waals surface area contributed by atoms with Crippen LogP contribution in [-0.2, 0) is 10.8 Å². The highest BCUT2D eigenvalue weighted by atomic mass is 32.2. The van der Waals surface area contributed by atoms with Gasteiger partial charge in [-0.2, -0.15) is 0 Å². The topological polar surface area (TPSA) is 29.1 Å². The van der Waals surface area contributed by atoms with Crippen LogP contribution in [0.15, 0.2) is 0 Å². The minimum atomic E-state index is -0.760. The van der Waals surface area contributed by atoms with Crippen LogP contribution in [0.5, 0.6) is 0 Å². The molecule has 3 unspecified atom stereocenters. The molecule has 0 saturated carbocycles. The van der Waals surface area contributed by atoms with E-state index in [2.05, 4.69) is 11.2 Å². The SMILES string of the molecule is C#CC(C)NCC(C)S(C)=O. The first kappa shape index (κ1) is 10.7. The third kappa shape index (κ3) is 5.00. The van der Waals surface area contributed by atoms with Crippen LogP contribution in [0.3, 0.4) is 0 Å². The molecule has 0 spiro atoms. The van der Waals surface area contributed by atoms with E-state index in [1.54, 1.807) is 6.26 Å². The lowest BCUT2D eigenvalue weighted by atomic mass is 10.3. The average molecular weight is 173 g/mol. The van der Waals surface area contributed by atoms with Gasteiger partial charge in [0.2, 0.25) is 0 Å². The zero-order valence-electron chi connectivity index (χ0n) is 7.26. The van der Waals surface area contributed by atoms with Gasteiger partial charge in [0.15, 0.2) is 0 Å². The van der Waals surface area contributed by atoms with E-state index < -0.39 is 10.8 Å². The maximum absolute atomic E-state index is 10.9. The van der Waals surface area contributed by atoms with Gasteiger partial charge in [-0.1, -0.05) is 5.92 Å². The Hall–Kier alpha value is -0.330. The summed E-state index contributed by atoms with van der Waals surface area (Å²) >= 11 is 0. The van der Waals surface area contributed by atoms with Gasteiger partial charge in [0, 0.05) is 28.9 Å². The molecule has 64 valence electrons. The van der Waals surface area contributed by atoms with Crippen molar-refractivity contribution in [2.75, 3.05) is 12.8 Å². The van der Waals surface area contributed by atoms with Crippen molar-refractivity contribution in [3.8, 4) is 12.3 Å². The molecule has 0 radical (unpaired) electrons. The number of hydrogen-bond acceptors (Lipinski definition) is 2. The Morgan fingerprint density at radius 2 is 2.18 bits per heavy atom. The summed E-state index contributed by atoms with van der Waals surface area (Å²) in [6.07, 6.45) is 6.85. The number of rotatable bonds is 4. The van der Waals surface area contributed by atoms with Gasteiger partial charge < -0.3 is 5.32 Å². The maximum Gasteiger partial charge on any atom is 0.0658 e. The van der Waals surface area contributed by atoms with Crippen LogP contribution in [0.25, 0.3) is 0 Å². The summed E-state index contributed by atoms with van der Waals surface area (Å²) in [5.74, 6) is 2.55. The number of hydrogen-bond donors (Lipinski definition) is 1. The van der Waals surface area contributed by atoms with Crippen molar-refractivity contribution >= 4 is 10.8 Å². The Kier molecular flexibility index (Phi) is 5.18. The van der Waals surface area contributed by atoms with E-state index in [1.165, 1.54) is 0 Å². The predicted molar refractivity (Wildman–Crippen MR) is 49.8 cm³/mol. The molecule has 0 fully saturated rings. The zero-order valence-corrected chi connectivity index (χ0v) is 8.07. The molecular formula is C8H15NOS. The summed E-state index contributed by atoms with van der Waals surface area (Å²) < 4.78 is 10.9. The van der Waals surface area contributed by atoms with Crippen molar-refractivity contribution in [1.29, 1.82) is 0 Å². The quantitative estimate of drug-likeness (QED) is 0.622. The smallest absolute Gasteiger partial charge is 0.0658 e. The summed E-state index contributed by atoms with van der Waals surface area (Å²) in [5.41, 5.74) is 0. The second-order valence-corrected chi connectivity index (χ2v) is 4.41. The first-order valence-corrected chi connectivity index (χ1v) is 5.21. The molecule has 0 heterocycles. The van der Waals surface area contributed by atoms with Crippen LogP contribution in [-0.4, -0.2) is 28.3 Å². The van der Waals surface area contributed by atoms with E-state index in [9.17, 15) is 4.21 Å². The maximum atomic E-state index is 10.9. The molecule has 3 atom stereocenters. The third-order valence-electron chi connectivity index (χ3n) is 1.53. The fourth-order valence-electron chi connectivity index (χ4n) is 0.519. The van der Waals surface area contributed by atoms with E-state index in [0.29, 0.717) is 6.54 Å². The van der Waals surface area contributed by atoms with Crippen LogP contribution >= 0.6 is 0 Å². The van der Waals surface area contributed by atoms with Gasteiger partial charge in [-0.3, -0.25) is 4.21 Å². The molecule has 0 aromatic carbocycles. The molecule has 0 aliphatic carbocycles. The van der Waals surface area contributed by atoms with Crippen molar-refractivity contribution in [1.82, 2.24) is 5.32 Å². The fraction of sp³-hybridized carbons (Fsp3) is 0.750.